The molecule has 0 aliphatic heterocycles. The van der Waals surface area contributed by atoms with Gasteiger partial charge in [0.25, 0.3) is 0 Å². The first kappa shape index (κ1) is 16.9. The highest BCUT2D eigenvalue weighted by Gasteiger charge is 2.43. The average molecular weight is 242 g/mol. The average Bonchev–Trinajstić information content (AvgIpc) is 2.16. The molecule has 0 amide bonds. The molecule has 0 spiro atoms. The van der Waals surface area contributed by atoms with Gasteiger partial charge in [-0.2, -0.15) is 0 Å². The van der Waals surface area contributed by atoms with Gasteiger partial charge in [0.2, 0.25) is 0 Å². The third kappa shape index (κ3) is 4.59. The van der Waals surface area contributed by atoms with Crippen molar-refractivity contribution in [1.29, 1.82) is 0 Å². The lowest BCUT2D eigenvalue weighted by Gasteiger charge is -2.48. The van der Waals surface area contributed by atoms with Gasteiger partial charge in [-0.3, -0.25) is 0 Å². The van der Waals surface area contributed by atoms with Crippen molar-refractivity contribution >= 4 is 0 Å². The van der Waals surface area contributed by atoms with Crippen molar-refractivity contribution in [3.05, 3.63) is 0 Å². The van der Waals surface area contributed by atoms with Gasteiger partial charge in [0.1, 0.15) is 0 Å². The molecule has 2 nitrogen and oxygen atoms in total. The van der Waals surface area contributed by atoms with Crippen LogP contribution in [0.3, 0.4) is 0 Å². The molecule has 0 aromatic heterocycles. The third-order valence-corrected chi connectivity index (χ3v) is 4.14. The summed E-state index contributed by atoms with van der Waals surface area (Å²) in [7, 11) is 0. The van der Waals surface area contributed by atoms with E-state index in [1.807, 2.05) is 0 Å². The Bertz CT molecular complexity index is 180. The molecule has 0 saturated heterocycles. The standard InChI is InChI=1S/C15H34N2/c1-6-9-15(10-7-2,11-8-3)14(5,17)12-13(4)16/h13H,6-12,16-17H2,1-5H3. The predicted octanol–water partition coefficient (Wildman–Crippen LogP) is 3.83. The number of rotatable bonds is 9. The van der Waals surface area contributed by atoms with E-state index in [-0.39, 0.29) is 17.0 Å². The summed E-state index contributed by atoms with van der Waals surface area (Å²) >= 11 is 0. The minimum atomic E-state index is -0.136. The normalized spacial score (nSPS) is 17.8. The fraction of sp³-hybridized carbons (Fsp3) is 1.00. The Morgan fingerprint density at radius 1 is 0.941 bits per heavy atom. The van der Waals surface area contributed by atoms with E-state index in [9.17, 15) is 0 Å². The second-order valence-electron chi connectivity index (χ2n) is 6.13. The van der Waals surface area contributed by atoms with Gasteiger partial charge >= 0.3 is 0 Å². The first-order chi connectivity index (χ1) is 7.85. The minimum Gasteiger partial charge on any atom is -0.328 e. The fourth-order valence-corrected chi connectivity index (χ4v) is 3.55. The monoisotopic (exact) mass is 242 g/mol. The molecule has 2 atom stereocenters. The molecule has 0 rings (SSSR count). The largest absolute Gasteiger partial charge is 0.328 e. The molecule has 0 saturated carbocycles. The van der Waals surface area contributed by atoms with Crippen molar-refractivity contribution in [2.75, 3.05) is 0 Å². The molecular formula is C15H34N2. The Kier molecular flexibility index (Phi) is 7.34. The Labute approximate surface area is 109 Å². The van der Waals surface area contributed by atoms with Crippen LogP contribution in [-0.2, 0) is 0 Å². The fourth-order valence-electron chi connectivity index (χ4n) is 3.55. The summed E-state index contributed by atoms with van der Waals surface area (Å²) in [4.78, 5) is 0. The van der Waals surface area contributed by atoms with E-state index in [2.05, 4.69) is 34.6 Å². The quantitative estimate of drug-likeness (QED) is 0.645. The Morgan fingerprint density at radius 2 is 1.29 bits per heavy atom. The van der Waals surface area contributed by atoms with Gasteiger partial charge in [0.05, 0.1) is 0 Å². The molecule has 0 aromatic carbocycles. The number of hydrogen-bond donors (Lipinski definition) is 2. The van der Waals surface area contributed by atoms with Gasteiger partial charge in [-0.05, 0) is 44.9 Å². The minimum absolute atomic E-state index is 0.136. The van der Waals surface area contributed by atoms with Gasteiger partial charge in [0, 0.05) is 11.6 Å². The summed E-state index contributed by atoms with van der Waals surface area (Å²) in [6, 6.07) is 0.190. The Morgan fingerprint density at radius 3 is 1.53 bits per heavy atom. The van der Waals surface area contributed by atoms with Gasteiger partial charge in [-0.25, -0.2) is 0 Å². The summed E-state index contributed by atoms with van der Waals surface area (Å²) in [5.41, 5.74) is 12.8. The van der Waals surface area contributed by atoms with Crippen LogP contribution in [0.25, 0.3) is 0 Å². The van der Waals surface area contributed by atoms with Crippen molar-refractivity contribution in [2.24, 2.45) is 16.9 Å². The molecule has 0 fully saturated rings. The highest BCUT2D eigenvalue weighted by atomic mass is 14.8. The van der Waals surface area contributed by atoms with Crippen LogP contribution in [0.4, 0.5) is 0 Å². The molecule has 2 heteroatoms. The van der Waals surface area contributed by atoms with E-state index in [1.54, 1.807) is 0 Å². The second-order valence-corrected chi connectivity index (χ2v) is 6.13. The first-order valence-electron chi connectivity index (χ1n) is 7.39. The summed E-state index contributed by atoms with van der Waals surface area (Å²) in [6.45, 7) is 11.1. The first-order valence-corrected chi connectivity index (χ1v) is 7.39. The van der Waals surface area contributed by atoms with Crippen molar-refractivity contribution in [2.45, 2.75) is 91.1 Å². The molecule has 17 heavy (non-hydrogen) atoms. The van der Waals surface area contributed by atoms with Gasteiger partial charge in [0.15, 0.2) is 0 Å². The van der Waals surface area contributed by atoms with Crippen molar-refractivity contribution in [3.63, 3.8) is 0 Å². The topological polar surface area (TPSA) is 52.0 Å². The van der Waals surface area contributed by atoms with Crippen LogP contribution in [-0.4, -0.2) is 11.6 Å². The SMILES string of the molecule is CCCC(CCC)(CCC)C(C)(N)CC(C)N. The Hall–Kier alpha value is -0.0800. The lowest BCUT2D eigenvalue weighted by atomic mass is 9.61. The van der Waals surface area contributed by atoms with Gasteiger partial charge < -0.3 is 11.5 Å². The molecule has 104 valence electrons. The summed E-state index contributed by atoms with van der Waals surface area (Å²) in [5, 5.41) is 0. The van der Waals surface area contributed by atoms with Crippen molar-refractivity contribution in [1.82, 2.24) is 0 Å². The summed E-state index contributed by atoms with van der Waals surface area (Å²) in [6.07, 6.45) is 8.26. The van der Waals surface area contributed by atoms with E-state index in [0.717, 1.165) is 6.42 Å². The highest BCUT2D eigenvalue weighted by Crippen LogP contribution is 2.45. The zero-order chi connectivity index (χ0) is 13.5. The predicted molar refractivity (Wildman–Crippen MR) is 78.0 cm³/mol. The van der Waals surface area contributed by atoms with Crippen LogP contribution in [0.2, 0.25) is 0 Å². The number of nitrogens with two attached hydrogens (primary N) is 2. The maximum Gasteiger partial charge on any atom is 0.0197 e. The zero-order valence-corrected chi connectivity index (χ0v) is 12.7. The lowest BCUT2D eigenvalue weighted by Crippen LogP contribution is -2.55. The molecule has 0 radical (unpaired) electrons. The van der Waals surface area contributed by atoms with E-state index >= 15 is 0 Å². The molecule has 0 bridgehead atoms. The maximum atomic E-state index is 6.68. The van der Waals surface area contributed by atoms with Gasteiger partial charge in [-0.1, -0.05) is 40.0 Å². The van der Waals surface area contributed by atoms with Crippen LogP contribution >= 0.6 is 0 Å². The molecule has 4 N–H and O–H groups in total. The summed E-state index contributed by atoms with van der Waals surface area (Å²) < 4.78 is 0. The maximum absolute atomic E-state index is 6.68. The van der Waals surface area contributed by atoms with Crippen LogP contribution < -0.4 is 11.5 Å². The van der Waals surface area contributed by atoms with E-state index in [0.29, 0.717) is 0 Å². The molecule has 0 aliphatic rings. The Balaban J connectivity index is 5.07. The van der Waals surface area contributed by atoms with Crippen LogP contribution in [0.1, 0.15) is 79.6 Å². The van der Waals surface area contributed by atoms with E-state index < -0.39 is 0 Å². The zero-order valence-electron chi connectivity index (χ0n) is 12.7. The smallest absolute Gasteiger partial charge is 0.0197 e. The lowest BCUT2D eigenvalue weighted by molar-refractivity contribution is 0.0784. The van der Waals surface area contributed by atoms with Gasteiger partial charge in [-0.15, -0.1) is 0 Å². The molecular weight excluding hydrogens is 208 g/mol. The number of hydrogen-bond acceptors (Lipinski definition) is 2. The summed E-state index contributed by atoms with van der Waals surface area (Å²) in [5.74, 6) is 0. The molecule has 2 unspecified atom stereocenters. The molecule has 0 aliphatic carbocycles. The van der Waals surface area contributed by atoms with Crippen LogP contribution in [0.15, 0.2) is 0 Å². The van der Waals surface area contributed by atoms with Crippen molar-refractivity contribution in [3.8, 4) is 0 Å². The van der Waals surface area contributed by atoms with E-state index in [1.165, 1.54) is 38.5 Å². The van der Waals surface area contributed by atoms with E-state index in [4.69, 9.17) is 11.5 Å². The van der Waals surface area contributed by atoms with Crippen LogP contribution in [0, 0.1) is 5.41 Å². The van der Waals surface area contributed by atoms with Crippen LogP contribution in [0.5, 0.6) is 0 Å². The highest BCUT2D eigenvalue weighted by molar-refractivity contribution is 5.00. The third-order valence-electron chi connectivity index (χ3n) is 4.14. The van der Waals surface area contributed by atoms with Crippen molar-refractivity contribution < 1.29 is 0 Å². The molecule has 0 aromatic rings. The second kappa shape index (κ2) is 7.38. The molecule has 0 heterocycles.